The number of carbonyl (C=O) groups excluding carboxylic acids is 3. The van der Waals surface area contributed by atoms with Crippen molar-refractivity contribution in [3.05, 3.63) is 46.4 Å². The van der Waals surface area contributed by atoms with E-state index in [-0.39, 0.29) is 22.0 Å². The second-order valence-corrected chi connectivity index (χ2v) is 5.43. The number of ketones is 1. The van der Waals surface area contributed by atoms with Gasteiger partial charge in [0.05, 0.1) is 10.6 Å². The molecule has 8 nitrogen and oxygen atoms in total. The number of carbonyl (C=O) groups is 3. The summed E-state index contributed by atoms with van der Waals surface area (Å²) in [4.78, 5) is 35.2. The minimum Gasteiger partial charge on any atom is -0.439 e. The molecular formula is C15H14ClFN4O4. The number of ether oxygens (including phenoxy) is 1. The van der Waals surface area contributed by atoms with Gasteiger partial charge in [0.15, 0.2) is 17.7 Å². The van der Waals surface area contributed by atoms with Gasteiger partial charge in [-0.3, -0.25) is 14.7 Å². The summed E-state index contributed by atoms with van der Waals surface area (Å²) in [7, 11) is 0. The van der Waals surface area contributed by atoms with Crippen molar-refractivity contribution in [1.82, 2.24) is 10.2 Å². The van der Waals surface area contributed by atoms with Crippen LogP contribution in [0.3, 0.4) is 0 Å². The summed E-state index contributed by atoms with van der Waals surface area (Å²) >= 11 is 6.01. The van der Waals surface area contributed by atoms with Crippen LogP contribution in [0, 0.1) is 5.82 Å². The predicted molar refractivity (Wildman–Crippen MR) is 86.8 cm³/mol. The van der Waals surface area contributed by atoms with E-state index in [0.29, 0.717) is 0 Å². The SMILES string of the molecule is C[C@H](OC(N)=O)C(=O)Cc1c(F)ccc(Cl)c1C(=O)Nc1cc[nH]n1. The lowest BCUT2D eigenvalue weighted by Crippen LogP contribution is -2.29. The molecule has 0 fully saturated rings. The summed E-state index contributed by atoms with van der Waals surface area (Å²) in [6, 6.07) is 3.72. The van der Waals surface area contributed by atoms with Gasteiger partial charge in [-0.05, 0) is 19.1 Å². The number of nitrogens with zero attached hydrogens (tertiary/aromatic N) is 1. The van der Waals surface area contributed by atoms with Crippen molar-refractivity contribution < 1.29 is 23.5 Å². The summed E-state index contributed by atoms with van der Waals surface area (Å²) in [6.07, 6.45) is -1.36. The molecule has 0 aliphatic carbocycles. The Morgan fingerprint density at radius 1 is 1.40 bits per heavy atom. The molecule has 0 spiro atoms. The fourth-order valence-electron chi connectivity index (χ4n) is 2.08. The van der Waals surface area contributed by atoms with E-state index in [1.807, 2.05) is 0 Å². The molecule has 132 valence electrons. The quantitative estimate of drug-likeness (QED) is 0.719. The zero-order chi connectivity index (χ0) is 18.6. The van der Waals surface area contributed by atoms with E-state index in [4.69, 9.17) is 17.3 Å². The molecule has 25 heavy (non-hydrogen) atoms. The standard InChI is InChI=1S/C15H14ClFN4O4/c1-7(25-15(18)24)11(22)6-8-10(17)3-2-9(16)13(8)14(23)20-12-4-5-19-21-12/h2-5,7H,6H2,1H3,(H2,18,24)(H2,19,20,21,23)/t7-/m0/s1. The lowest BCUT2D eigenvalue weighted by molar-refractivity contribution is -0.125. The first-order valence-electron chi connectivity index (χ1n) is 7.06. The highest BCUT2D eigenvalue weighted by Gasteiger charge is 2.25. The predicted octanol–water partition coefficient (Wildman–Crippen LogP) is 2.05. The summed E-state index contributed by atoms with van der Waals surface area (Å²) in [6.45, 7) is 1.29. The molecule has 1 aromatic carbocycles. The Balaban J connectivity index is 2.31. The van der Waals surface area contributed by atoms with Crippen LogP contribution in [-0.4, -0.2) is 34.1 Å². The van der Waals surface area contributed by atoms with E-state index in [0.717, 1.165) is 6.07 Å². The number of aromatic nitrogens is 2. The van der Waals surface area contributed by atoms with E-state index in [2.05, 4.69) is 20.3 Å². The van der Waals surface area contributed by atoms with Crippen molar-refractivity contribution in [2.45, 2.75) is 19.4 Å². The van der Waals surface area contributed by atoms with E-state index in [1.54, 1.807) is 0 Å². The number of amides is 2. The van der Waals surface area contributed by atoms with Gasteiger partial charge < -0.3 is 15.8 Å². The van der Waals surface area contributed by atoms with Gasteiger partial charge in [-0.15, -0.1) is 0 Å². The highest BCUT2D eigenvalue weighted by Crippen LogP contribution is 2.25. The van der Waals surface area contributed by atoms with Gasteiger partial charge in [0.1, 0.15) is 5.82 Å². The number of halogens is 2. The Kier molecular flexibility index (Phi) is 5.71. The molecular weight excluding hydrogens is 355 g/mol. The third-order valence-electron chi connectivity index (χ3n) is 3.27. The van der Waals surface area contributed by atoms with Gasteiger partial charge in [-0.1, -0.05) is 11.6 Å². The van der Waals surface area contributed by atoms with Gasteiger partial charge in [-0.2, -0.15) is 5.10 Å². The molecule has 0 aliphatic heterocycles. The largest absolute Gasteiger partial charge is 0.439 e. The number of rotatable bonds is 6. The van der Waals surface area contributed by atoms with Gasteiger partial charge in [0, 0.05) is 24.2 Å². The third kappa shape index (κ3) is 4.54. The van der Waals surface area contributed by atoms with Gasteiger partial charge in [0.2, 0.25) is 0 Å². The van der Waals surface area contributed by atoms with Gasteiger partial charge in [0.25, 0.3) is 5.91 Å². The number of H-pyrrole nitrogens is 1. The first-order chi connectivity index (χ1) is 11.8. The number of hydrogen-bond acceptors (Lipinski definition) is 5. The molecule has 0 saturated heterocycles. The lowest BCUT2D eigenvalue weighted by Gasteiger charge is -2.14. The lowest BCUT2D eigenvalue weighted by atomic mass is 9.99. The fourth-order valence-corrected chi connectivity index (χ4v) is 2.34. The second-order valence-electron chi connectivity index (χ2n) is 5.02. The Labute approximate surface area is 146 Å². The number of aromatic amines is 1. The maximum Gasteiger partial charge on any atom is 0.405 e. The molecule has 0 aliphatic rings. The first-order valence-corrected chi connectivity index (χ1v) is 7.44. The van der Waals surface area contributed by atoms with Crippen molar-refractivity contribution >= 4 is 35.2 Å². The molecule has 2 amide bonds. The molecule has 1 aromatic heterocycles. The molecule has 4 N–H and O–H groups in total. The van der Waals surface area contributed by atoms with Crippen LogP contribution >= 0.6 is 11.6 Å². The van der Waals surface area contributed by atoms with E-state index in [1.165, 1.54) is 25.3 Å². The van der Waals surface area contributed by atoms with Crippen LogP contribution in [0.4, 0.5) is 15.0 Å². The molecule has 1 heterocycles. The highest BCUT2D eigenvalue weighted by atomic mass is 35.5. The van der Waals surface area contributed by atoms with Crippen molar-refractivity contribution in [2.24, 2.45) is 5.73 Å². The molecule has 0 unspecified atom stereocenters. The summed E-state index contributed by atoms with van der Waals surface area (Å²) in [5.41, 5.74) is 4.43. The smallest absolute Gasteiger partial charge is 0.405 e. The molecule has 10 heteroatoms. The van der Waals surface area contributed by atoms with E-state index < -0.39 is 36.1 Å². The normalized spacial score (nSPS) is 11.6. The zero-order valence-electron chi connectivity index (χ0n) is 13.0. The van der Waals surface area contributed by atoms with Crippen molar-refractivity contribution in [3.8, 4) is 0 Å². The Morgan fingerprint density at radius 2 is 2.12 bits per heavy atom. The molecule has 2 aromatic rings. The number of nitrogens with one attached hydrogen (secondary N) is 2. The number of nitrogens with two attached hydrogens (primary N) is 1. The van der Waals surface area contributed by atoms with E-state index in [9.17, 15) is 18.8 Å². The van der Waals surface area contributed by atoms with Crippen molar-refractivity contribution in [3.63, 3.8) is 0 Å². The van der Waals surface area contributed by atoms with Crippen LogP contribution in [0.15, 0.2) is 24.4 Å². The molecule has 0 bridgehead atoms. The number of Topliss-reactive ketones (excluding diaryl/α,β-unsaturated/α-hetero) is 1. The summed E-state index contributed by atoms with van der Waals surface area (Å²) < 4.78 is 18.8. The van der Waals surface area contributed by atoms with Crippen LogP contribution in [0.5, 0.6) is 0 Å². The maximum atomic E-state index is 14.2. The van der Waals surface area contributed by atoms with Gasteiger partial charge in [-0.25, -0.2) is 9.18 Å². The first kappa shape index (κ1) is 18.4. The maximum absolute atomic E-state index is 14.2. The molecule has 0 saturated carbocycles. The average molecular weight is 369 g/mol. The molecule has 2 rings (SSSR count). The average Bonchev–Trinajstić information content (AvgIpc) is 3.03. The minimum absolute atomic E-state index is 0.0410. The van der Waals surface area contributed by atoms with E-state index >= 15 is 0 Å². The molecule has 1 atom stereocenters. The summed E-state index contributed by atoms with van der Waals surface area (Å²) in [5, 5.41) is 8.65. The Bertz CT molecular complexity index is 810. The van der Waals surface area contributed by atoms with Crippen molar-refractivity contribution in [1.29, 1.82) is 0 Å². The molecule has 0 radical (unpaired) electrons. The monoisotopic (exact) mass is 368 g/mol. The number of anilines is 1. The zero-order valence-corrected chi connectivity index (χ0v) is 13.8. The summed E-state index contributed by atoms with van der Waals surface area (Å²) in [5.74, 6) is -1.97. The van der Waals surface area contributed by atoms with Crippen LogP contribution in [0.2, 0.25) is 5.02 Å². The number of primary amides is 1. The highest BCUT2D eigenvalue weighted by molar-refractivity contribution is 6.34. The van der Waals surface area contributed by atoms with Crippen LogP contribution in [-0.2, 0) is 16.0 Å². The topological polar surface area (TPSA) is 127 Å². The van der Waals surface area contributed by atoms with Gasteiger partial charge >= 0.3 is 6.09 Å². The van der Waals surface area contributed by atoms with Crippen LogP contribution in [0.25, 0.3) is 0 Å². The van der Waals surface area contributed by atoms with Crippen molar-refractivity contribution in [2.75, 3.05) is 5.32 Å². The Morgan fingerprint density at radius 3 is 2.72 bits per heavy atom. The van der Waals surface area contributed by atoms with Crippen LogP contribution in [0.1, 0.15) is 22.8 Å². The number of hydrogen-bond donors (Lipinski definition) is 3. The second kappa shape index (κ2) is 7.75. The minimum atomic E-state index is -1.20. The third-order valence-corrected chi connectivity index (χ3v) is 3.59. The number of benzene rings is 1. The Hall–Kier alpha value is -2.94. The van der Waals surface area contributed by atoms with Crippen LogP contribution < -0.4 is 11.1 Å². The fraction of sp³-hybridized carbons (Fsp3) is 0.200.